The van der Waals surface area contributed by atoms with Crippen LogP contribution < -0.4 is 15.8 Å². The van der Waals surface area contributed by atoms with Crippen molar-refractivity contribution in [2.75, 3.05) is 10.3 Å². The number of anilines is 2. The van der Waals surface area contributed by atoms with E-state index in [0.29, 0.717) is 5.69 Å². The maximum absolute atomic E-state index is 12.5. The van der Waals surface area contributed by atoms with Gasteiger partial charge in [-0.25, -0.2) is 10.0 Å². The topological polar surface area (TPSA) is 117 Å². The average Bonchev–Trinajstić information content (AvgIpc) is 2.64. The summed E-state index contributed by atoms with van der Waals surface area (Å²) in [6, 6.07) is 13.6. The van der Waals surface area contributed by atoms with E-state index in [1.807, 2.05) is 6.07 Å². The molecule has 1 atom stereocenters. The second-order valence-corrected chi connectivity index (χ2v) is 5.54. The molecular formula is C17H15N5O4. The van der Waals surface area contributed by atoms with Crippen molar-refractivity contribution in [3.63, 3.8) is 0 Å². The third-order valence-electron chi connectivity index (χ3n) is 3.66. The van der Waals surface area contributed by atoms with Crippen molar-refractivity contribution in [2.45, 2.75) is 13.0 Å². The first-order valence-electron chi connectivity index (χ1n) is 7.75. The molecule has 0 saturated carbocycles. The Kier molecular flexibility index (Phi) is 4.61. The Morgan fingerprint density at radius 2 is 1.96 bits per heavy atom. The highest BCUT2D eigenvalue weighted by Gasteiger charge is 2.30. The van der Waals surface area contributed by atoms with Crippen LogP contribution in [0.15, 0.2) is 59.6 Å². The highest BCUT2D eigenvalue weighted by molar-refractivity contribution is 6.43. The van der Waals surface area contributed by atoms with E-state index in [1.54, 1.807) is 31.2 Å². The molecule has 0 aliphatic carbocycles. The zero-order valence-electron chi connectivity index (χ0n) is 13.7. The molecule has 1 unspecified atom stereocenters. The van der Waals surface area contributed by atoms with Crippen LogP contribution in [-0.4, -0.2) is 28.6 Å². The van der Waals surface area contributed by atoms with Crippen molar-refractivity contribution < 1.29 is 14.5 Å². The van der Waals surface area contributed by atoms with Crippen LogP contribution in [0.2, 0.25) is 0 Å². The number of benzene rings is 2. The van der Waals surface area contributed by atoms with Gasteiger partial charge in [0.05, 0.1) is 10.6 Å². The molecule has 132 valence electrons. The van der Waals surface area contributed by atoms with Gasteiger partial charge < -0.3 is 5.32 Å². The lowest BCUT2D eigenvalue weighted by atomic mass is 10.2. The van der Waals surface area contributed by atoms with Gasteiger partial charge in [-0.2, -0.15) is 0 Å². The van der Waals surface area contributed by atoms with Gasteiger partial charge in [-0.05, 0) is 25.1 Å². The number of carbonyl (C=O) groups is 2. The molecule has 3 rings (SSSR count). The Morgan fingerprint density at radius 3 is 2.65 bits per heavy atom. The van der Waals surface area contributed by atoms with Gasteiger partial charge in [0.2, 0.25) is 5.84 Å². The third-order valence-corrected chi connectivity index (χ3v) is 3.66. The smallest absolute Gasteiger partial charge is 0.292 e. The van der Waals surface area contributed by atoms with Crippen molar-refractivity contribution in [3.05, 3.63) is 64.7 Å². The minimum absolute atomic E-state index is 0.0625. The molecule has 2 N–H and O–H groups in total. The number of non-ortho nitro benzene ring substituents is 1. The number of nitrogens with zero attached hydrogens (tertiary/aromatic N) is 3. The second-order valence-electron chi connectivity index (χ2n) is 5.54. The minimum Gasteiger partial charge on any atom is -0.319 e. The summed E-state index contributed by atoms with van der Waals surface area (Å²) >= 11 is 0. The molecule has 0 radical (unpaired) electrons. The largest absolute Gasteiger partial charge is 0.319 e. The zero-order valence-corrected chi connectivity index (χ0v) is 13.7. The number of nitro groups is 1. The van der Waals surface area contributed by atoms with Crippen molar-refractivity contribution in [3.8, 4) is 0 Å². The number of hydrogen-bond acceptors (Lipinski definition) is 6. The van der Waals surface area contributed by atoms with Gasteiger partial charge in [0.25, 0.3) is 17.5 Å². The Labute approximate surface area is 148 Å². The highest BCUT2D eigenvalue weighted by atomic mass is 16.6. The number of carbonyl (C=O) groups excluding carboxylic acids is 2. The standard InChI is InChI=1S/C17H15N5O4/c1-11-17(24)21(13-7-3-2-4-8-13)20-15(18-11)16(23)19-12-6-5-9-14(10-12)22(25)26/h2-11H,1H3,(H,18,20)(H,19,23). The number of hydrazine groups is 1. The molecule has 1 aliphatic rings. The summed E-state index contributed by atoms with van der Waals surface area (Å²) in [5, 5.41) is 14.6. The van der Waals surface area contributed by atoms with Gasteiger partial charge in [0.15, 0.2) is 0 Å². The van der Waals surface area contributed by atoms with Gasteiger partial charge in [0, 0.05) is 17.8 Å². The number of nitro benzene ring substituents is 1. The number of rotatable bonds is 4. The molecule has 26 heavy (non-hydrogen) atoms. The van der Waals surface area contributed by atoms with Crippen LogP contribution in [0, 0.1) is 10.1 Å². The maximum Gasteiger partial charge on any atom is 0.292 e. The van der Waals surface area contributed by atoms with Crippen molar-refractivity contribution in [1.82, 2.24) is 5.43 Å². The van der Waals surface area contributed by atoms with E-state index in [4.69, 9.17) is 0 Å². The molecule has 0 spiro atoms. The molecular weight excluding hydrogens is 338 g/mol. The third kappa shape index (κ3) is 3.51. The Bertz CT molecular complexity index is 897. The van der Waals surface area contributed by atoms with Gasteiger partial charge in [-0.15, -0.1) is 0 Å². The summed E-state index contributed by atoms with van der Waals surface area (Å²) in [5.74, 6) is -0.971. The fourth-order valence-corrected chi connectivity index (χ4v) is 2.39. The first-order valence-corrected chi connectivity index (χ1v) is 7.75. The van der Waals surface area contributed by atoms with Gasteiger partial charge in [-0.3, -0.25) is 25.1 Å². The van der Waals surface area contributed by atoms with Crippen LogP contribution >= 0.6 is 0 Å². The van der Waals surface area contributed by atoms with Gasteiger partial charge >= 0.3 is 0 Å². The van der Waals surface area contributed by atoms with E-state index in [2.05, 4.69) is 15.7 Å². The molecule has 2 amide bonds. The molecule has 0 saturated heterocycles. The monoisotopic (exact) mass is 353 g/mol. The van der Waals surface area contributed by atoms with Crippen molar-refractivity contribution in [2.24, 2.45) is 4.99 Å². The SMILES string of the molecule is CC1N=C(C(=O)Nc2cccc([N+](=O)[O-])c2)NN(c2ccccc2)C1=O. The summed E-state index contributed by atoms with van der Waals surface area (Å²) in [5.41, 5.74) is 3.38. The Morgan fingerprint density at radius 1 is 1.23 bits per heavy atom. The molecule has 1 aliphatic heterocycles. The van der Waals surface area contributed by atoms with E-state index in [0.717, 1.165) is 0 Å². The van der Waals surface area contributed by atoms with E-state index in [1.165, 1.54) is 29.3 Å². The predicted molar refractivity (Wildman–Crippen MR) is 95.7 cm³/mol. The number of nitrogens with one attached hydrogen (secondary N) is 2. The quantitative estimate of drug-likeness (QED) is 0.643. The molecule has 2 aromatic rings. The molecule has 9 heteroatoms. The second kappa shape index (κ2) is 7.01. The average molecular weight is 353 g/mol. The van der Waals surface area contributed by atoms with Crippen molar-refractivity contribution in [1.29, 1.82) is 0 Å². The number of hydrogen-bond donors (Lipinski definition) is 2. The van der Waals surface area contributed by atoms with E-state index >= 15 is 0 Å². The van der Waals surface area contributed by atoms with Crippen LogP contribution in [-0.2, 0) is 9.59 Å². The van der Waals surface area contributed by atoms with E-state index in [-0.39, 0.29) is 23.1 Å². The lowest BCUT2D eigenvalue weighted by molar-refractivity contribution is -0.384. The number of para-hydroxylation sites is 1. The lowest BCUT2D eigenvalue weighted by Gasteiger charge is -2.30. The zero-order chi connectivity index (χ0) is 18.7. The summed E-state index contributed by atoms with van der Waals surface area (Å²) in [7, 11) is 0. The maximum atomic E-state index is 12.5. The molecule has 1 heterocycles. The fraction of sp³-hybridized carbons (Fsp3) is 0.118. The lowest BCUT2D eigenvalue weighted by Crippen LogP contribution is -2.57. The first-order chi connectivity index (χ1) is 12.5. The van der Waals surface area contributed by atoms with E-state index in [9.17, 15) is 19.7 Å². The molecule has 0 fully saturated rings. The highest BCUT2D eigenvalue weighted by Crippen LogP contribution is 2.18. The Hall–Kier alpha value is -3.75. The molecule has 9 nitrogen and oxygen atoms in total. The predicted octanol–water partition coefficient (Wildman–Crippen LogP) is 1.87. The van der Waals surface area contributed by atoms with Crippen LogP contribution in [0.1, 0.15) is 6.92 Å². The summed E-state index contributed by atoms with van der Waals surface area (Å²) in [6.45, 7) is 1.58. The van der Waals surface area contributed by atoms with Crippen LogP contribution in [0.4, 0.5) is 17.1 Å². The summed E-state index contributed by atoms with van der Waals surface area (Å²) in [4.78, 5) is 39.1. The number of amides is 2. The molecule has 0 bridgehead atoms. The summed E-state index contributed by atoms with van der Waals surface area (Å²) in [6.07, 6.45) is 0. The number of amidine groups is 1. The minimum atomic E-state index is -0.748. The van der Waals surface area contributed by atoms with Crippen LogP contribution in [0.3, 0.4) is 0 Å². The normalized spacial score (nSPS) is 16.5. The first kappa shape index (κ1) is 17.1. The number of aliphatic imine (C=N–C) groups is 1. The van der Waals surface area contributed by atoms with Crippen LogP contribution in [0.25, 0.3) is 0 Å². The van der Waals surface area contributed by atoms with Crippen LogP contribution in [0.5, 0.6) is 0 Å². The van der Waals surface area contributed by atoms with Gasteiger partial charge in [-0.1, -0.05) is 24.3 Å². The molecule has 2 aromatic carbocycles. The summed E-state index contributed by atoms with van der Waals surface area (Å²) < 4.78 is 0. The van der Waals surface area contributed by atoms with Crippen molar-refractivity contribution >= 4 is 34.7 Å². The van der Waals surface area contributed by atoms with E-state index < -0.39 is 16.9 Å². The van der Waals surface area contributed by atoms with Gasteiger partial charge in [0.1, 0.15) is 6.04 Å². The molecule has 0 aromatic heterocycles. The fourth-order valence-electron chi connectivity index (χ4n) is 2.39. The Balaban J connectivity index is 1.81.